The summed E-state index contributed by atoms with van der Waals surface area (Å²) in [5.41, 5.74) is 4.44. The summed E-state index contributed by atoms with van der Waals surface area (Å²) in [6.45, 7) is 2.48. The summed E-state index contributed by atoms with van der Waals surface area (Å²) in [7, 11) is 0. The third kappa shape index (κ3) is 3.33. The highest BCUT2D eigenvalue weighted by Crippen LogP contribution is 2.28. The van der Waals surface area contributed by atoms with E-state index in [4.69, 9.17) is 10.1 Å². The van der Waals surface area contributed by atoms with Gasteiger partial charge in [0.25, 0.3) is 5.56 Å². The standard InChI is InChI=1S/C21H19N3O3/c1-13-2-4-14(5-3-13)10-15-8-9-24-20(15)23-18-11-16(22-12-19(25)26)6-7-17(18)21(24)27/h2-7,10-11,22H,8-9,12H2,1H3,(H,25,26). The van der Waals surface area contributed by atoms with E-state index >= 15 is 0 Å². The maximum Gasteiger partial charge on any atom is 0.322 e. The molecule has 0 fully saturated rings. The molecule has 6 nitrogen and oxygen atoms in total. The number of nitrogens with zero attached hydrogens (tertiary/aromatic N) is 2. The van der Waals surface area contributed by atoms with Crippen molar-refractivity contribution < 1.29 is 9.90 Å². The second kappa shape index (κ2) is 6.72. The average Bonchev–Trinajstić information content (AvgIpc) is 3.05. The van der Waals surface area contributed by atoms with Crippen LogP contribution in [-0.2, 0) is 11.3 Å². The van der Waals surface area contributed by atoms with Crippen LogP contribution < -0.4 is 10.9 Å². The second-order valence-electron chi connectivity index (χ2n) is 6.70. The first-order valence-electron chi connectivity index (χ1n) is 8.79. The van der Waals surface area contributed by atoms with E-state index in [9.17, 15) is 9.59 Å². The smallest absolute Gasteiger partial charge is 0.322 e. The number of carboxylic acids is 1. The first-order valence-corrected chi connectivity index (χ1v) is 8.79. The fourth-order valence-corrected chi connectivity index (χ4v) is 3.31. The van der Waals surface area contributed by atoms with Gasteiger partial charge in [-0.1, -0.05) is 29.8 Å². The van der Waals surface area contributed by atoms with Crippen LogP contribution in [-0.4, -0.2) is 27.2 Å². The molecule has 3 aromatic rings. The zero-order valence-electron chi connectivity index (χ0n) is 14.9. The molecule has 136 valence electrons. The lowest BCUT2D eigenvalue weighted by Crippen LogP contribution is -2.21. The van der Waals surface area contributed by atoms with Crippen molar-refractivity contribution in [3.05, 3.63) is 69.8 Å². The fourth-order valence-electron chi connectivity index (χ4n) is 3.31. The quantitative estimate of drug-likeness (QED) is 0.746. The number of allylic oxidation sites excluding steroid dienone is 1. The van der Waals surface area contributed by atoms with E-state index in [0.29, 0.717) is 29.0 Å². The highest BCUT2D eigenvalue weighted by atomic mass is 16.4. The maximum atomic E-state index is 12.8. The van der Waals surface area contributed by atoms with Crippen molar-refractivity contribution in [3.63, 3.8) is 0 Å². The molecule has 2 heterocycles. The Kier molecular flexibility index (Phi) is 4.24. The number of nitrogens with one attached hydrogen (secondary N) is 1. The van der Waals surface area contributed by atoms with E-state index < -0.39 is 5.97 Å². The molecule has 6 heteroatoms. The monoisotopic (exact) mass is 361 g/mol. The molecule has 0 saturated heterocycles. The molecule has 2 N–H and O–H groups in total. The third-order valence-corrected chi connectivity index (χ3v) is 4.71. The van der Waals surface area contributed by atoms with E-state index in [2.05, 4.69) is 35.7 Å². The summed E-state index contributed by atoms with van der Waals surface area (Å²) in [5, 5.41) is 12.2. The van der Waals surface area contributed by atoms with Crippen LogP contribution in [0.2, 0.25) is 0 Å². The van der Waals surface area contributed by atoms with E-state index in [1.807, 2.05) is 6.92 Å². The van der Waals surface area contributed by atoms with Gasteiger partial charge in [-0.15, -0.1) is 0 Å². The minimum atomic E-state index is -0.944. The van der Waals surface area contributed by atoms with Gasteiger partial charge in [0.05, 0.1) is 10.9 Å². The van der Waals surface area contributed by atoms with Gasteiger partial charge in [-0.05, 0) is 48.8 Å². The Labute approximate surface area is 155 Å². The van der Waals surface area contributed by atoms with E-state index in [-0.39, 0.29) is 12.1 Å². The van der Waals surface area contributed by atoms with Gasteiger partial charge in [-0.2, -0.15) is 0 Å². The Bertz CT molecular complexity index is 1130. The Hall–Kier alpha value is -3.41. The van der Waals surface area contributed by atoms with Gasteiger partial charge in [0.15, 0.2) is 0 Å². The second-order valence-corrected chi connectivity index (χ2v) is 6.70. The van der Waals surface area contributed by atoms with Gasteiger partial charge in [0, 0.05) is 12.2 Å². The number of benzene rings is 2. The topological polar surface area (TPSA) is 84.2 Å². The van der Waals surface area contributed by atoms with Gasteiger partial charge in [-0.25, -0.2) is 4.98 Å². The predicted molar refractivity (Wildman–Crippen MR) is 106 cm³/mol. The minimum Gasteiger partial charge on any atom is -0.480 e. The largest absolute Gasteiger partial charge is 0.480 e. The van der Waals surface area contributed by atoms with Crippen LogP contribution in [0.1, 0.15) is 23.4 Å². The van der Waals surface area contributed by atoms with Crippen molar-refractivity contribution in [2.45, 2.75) is 19.9 Å². The van der Waals surface area contributed by atoms with E-state index in [1.165, 1.54) is 5.56 Å². The zero-order valence-corrected chi connectivity index (χ0v) is 14.9. The molecule has 0 atom stereocenters. The van der Waals surface area contributed by atoms with Crippen molar-refractivity contribution in [3.8, 4) is 0 Å². The normalized spacial score (nSPS) is 14.5. The molecule has 1 aromatic heterocycles. The highest BCUT2D eigenvalue weighted by molar-refractivity contribution is 5.86. The lowest BCUT2D eigenvalue weighted by Gasteiger charge is -2.08. The minimum absolute atomic E-state index is 0.0629. The first kappa shape index (κ1) is 17.0. The van der Waals surface area contributed by atoms with Gasteiger partial charge in [0.2, 0.25) is 0 Å². The summed E-state index contributed by atoms with van der Waals surface area (Å²) in [6, 6.07) is 13.4. The predicted octanol–water partition coefficient (Wildman–Crippen LogP) is 3.15. The molecule has 1 aliphatic rings. The molecule has 0 bridgehead atoms. The number of anilines is 1. The lowest BCUT2D eigenvalue weighted by atomic mass is 10.1. The number of hydrogen-bond acceptors (Lipinski definition) is 4. The summed E-state index contributed by atoms with van der Waals surface area (Å²) in [6.07, 6.45) is 2.83. The SMILES string of the molecule is Cc1ccc(C=C2CCn3c2nc2cc(NCC(=O)O)ccc2c3=O)cc1. The molecule has 1 aliphatic heterocycles. The number of carboxylic acid groups (broad SMARTS) is 1. The molecule has 2 aromatic carbocycles. The fraction of sp³-hybridized carbons (Fsp3) is 0.190. The summed E-state index contributed by atoms with van der Waals surface area (Å²) < 4.78 is 1.71. The molecule has 0 amide bonds. The number of aryl methyl sites for hydroxylation is 1. The number of carbonyl (C=O) groups is 1. The first-order chi connectivity index (χ1) is 13.0. The molecule has 4 rings (SSSR count). The van der Waals surface area contributed by atoms with Crippen LogP contribution in [0.25, 0.3) is 22.6 Å². The van der Waals surface area contributed by atoms with E-state index in [0.717, 1.165) is 17.6 Å². The lowest BCUT2D eigenvalue weighted by molar-refractivity contribution is -0.134. The van der Waals surface area contributed by atoms with Crippen LogP contribution in [0, 0.1) is 6.92 Å². The van der Waals surface area contributed by atoms with Gasteiger partial charge in [-0.3, -0.25) is 14.2 Å². The molecule has 0 unspecified atom stereocenters. The number of aliphatic carboxylic acids is 1. The molecule has 0 aliphatic carbocycles. The Morgan fingerprint density at radius 2 is 2.04 bits per heavy atom. The number of fused-ring (bicyclic) bond motifs is 2. The Morgan fingerprint density at radius 3 is 2.78 bits per heavy atom. The van der Waals surface area contributed by atoms with Crippen LogP contribution >= 0.6 is 0 Å². The molecule has 0 saturated carbocycles. The molecular formula is C21H19N3O3. The summed E-state index contributed by atoms with van der Waals surface area (Å²) in [5.74, 6) is -0.260. The van der Waals surface area contributed by atoms with Crippen LogP contribution in [0.4, 0.5) is 5.69 Å². The Balaban J connectivity index is 1.77. The molecule has 27 heavy (non-hydrogen) atoms. The van der Waals surface area contributed by atoms with Crippen molar-refractivity contribution in [1.82, 2.24) is 9.55 Å². The maximum absolute atomic E-state index is 12.8. The van der Waals surface area contributed by atoms with Gasteiger partial charge < -0.3 is 10.4 Å². The summed E-state index contributed by atoms with van der Waals surface area (Å²) >= 11 is 0. The van der Waals surface area contributed by atoms with Crippen LogP contribution in [0.5, 0.6) is 0 Å². The van der Waals surface area contributed by atoms with Gasteiger partial charge >= 0.3 is 5.97 Å². The Morgan fingerprint density at radius 1 is 1.26 bits per heavy atom. The number of rotatable bonds is 4. The molecular weight excluding hydrogens is 342 g/mol. The van der Waals surface area contributed by atoms with Gasteiger partial charge in [0.1, 0.15) is 12.4 Å². The highest BCUT2D eigenvalue weighted by Gasteiger charge is 2.21. The number of aromatic nitrogens is 2. The molecule has 0 radical (unpaired) electrons. The third-order valence-electron chi connectivity index (χ3n) is 4.71. The van der Waals surface area contributed by atoms with E-state index in [1.54, 1.807) is 22.8 Å². The average molecular weight is 361 g/mol. The van der Waals surface area contributed by atoms with Crippen molar-refractivity contribution >= 4 is 34.2 Å². The van der Waals surface area contributed by atoms with Crippen LogP contribution in [0.3, 0.4) is 0 Å². The van der Waals surface area contributed by atoms with Crippen molar-refractivity contribution in [2.75, 3.05) is 11.9 Å². The summed E-state index contributed by atoms with van der Waals surface area (Å²) in [4.78, 5) is 28.3. The van der Waals surface area contributed by atoms with Crippen LogP contribution in [0.15, 0.2) is 47.3 Å². The zero-order chi connectivity index (χ0) is 19.0. The molecule has 0 spiro atoms. The van der Waals surface area contributed by atoms with Crippen molar-refractivity contribution in [1.29, 1.82) is 0 Å². The number of hydrogen-bond donors (Lipinski definition) is 2. The van der Waals surface area contributed by atoms with Crippen molar-refractivity contribution in [2.24, 2.45) is 0 Å².